The molecule has 5 rings (SSSR count). The maximum absolute atomic E-state index is 13.2. The normalized spacial score (nSPS) is 11.3. The first-order valence-electron chi connectivity index (χ1n) is 9.36. The van der Waals surface area contributed by atoms with Gasteiger partial charge in [-0.1, -0.05) is 48.2 Å². The van der Waals surface area contributed by atoms with Crippen LogP contribution in [0.25, 0.3) is 27.9 Å². The molecule has 0 saturated heterocycles. The standard InChI is InChI=1S/C22H14FN5O2S/c23-16-10-8-14(9-11-16)13-31-22-24-19-7-2-1-6-18(19)21-25-20(26-27(21)22)15-4-3-5-17(12-15)28(29)30/h1-12H,13H2. The van der Waals surface area contributed by atoms with E-state index >= 15 is 0 Å². The van der Waals surface area contributed by atoms with Crippen LogP contribution < -0.4 is 0 Å². The lowest BCUT2D eigenvalue weighted by Crippen LogP contribution is -1.98. The van der Waals surface area contributed by atoms with Crippen molar-refractivity contribution in [2.45, 2.75) is 10.9 Å². The van der Waals surface area contributed by atoms with Gasteiger partial charge in [-0.05, 0) is 29.8 Å². The predicted octanol–water partition coefficient (Wildman–Crippen LogP) is 5.28. The summed E-state index contributed by atoms with van der Waals surface area (Å²) >= 11 is 1.46. The minimum atomic E-state index is -0.444. The molecule has 2 heterocycles. The van der Waals surface area contributed by atoms with Crippen LogP contribution in [-0.2, 0) is 5.75 Å². The van der Waals surface area contributed by atoms with E-state index in [2.05, 4.69) is 10.1 Å². The van der Waals surface area contributed by atoms with Gasteiger partial charge in [0.2, 0.25) is 0 Å². The monoisotopic (exact) mass is 431 g/mol. The van der Waals surface area contributed by atoms with Gasteiger partial charge in [-0.25, -0.2) is 14.4 Å². The SMILES string of the molecule is O=[N+]([O-])c1cccc(-c2nc3c4ccccc4nc(SCc4ccc(F)cc4)n3n2)c1. The van der Waals surface area contributed by atoms with Crippen molar-refractivity contribution in [2.75, 3.05) is 0 Å². The van der Waals surface area contributed by atoms with Crippen molar-refractivity contribution in [3.05, 3.63) is 94.3 Å². The van der Waals surface area contributed by atoms with E-state index in [0.717, 1.165) is 16.5 Å². The van der Waals surface area contributed by atoms with E-state index in [1.165, 1.54) is 36.0 Å². The first-order chi connectivity index (χ1) is 15.1. The van der Waals surface area contributed by atoms with Gasteiger partial charge >= 0.3 is 0 Å². The first kappa shape index (κ1) is 19.1. The number of para-hydroxylation sites is 1. The summed E-state index contributed by atoms with van der Waals surface area (Å²) in [6.07, 6.45) is 0. The predicted molar refractivity (Wildman–Crippen MR) is 116 cm³/mol. The molecule has 0 spiro atoms. The fraction of sp³-hybridized carbons (Fsp3) is 0.0455. The Labute approximate surface area is 179 Å². The summed E-state index contributed by atoms with van der Waals surface area (Å²) in [6, 6.07) is 20.2. The Kier molecular flexibility index (Phi) is 4.79. The summed E-state index contributed by atoms with van der Waals surface area (Å²) in [5, 5.41) is 17.2. The lowest BCUT2D eigenvalue weighted by atomic mass is 10.2. The number of hydrogen-bond acceptors (Lipinski definition) is 6. The van der Waals surface area contributed by atoms with E-state index in [4.69, 9.17) is 4.98 Å². The van der Waals surface area contributed by atoms with Gasteiger partial charge < -0.3 is 0 Å². The molecule has 31 heavy (non-hydrogen) atoms. The molecule has 3 aromatic carbocycles. The molecule has 7 nitrogen and oxygen atoms in total. The summed E-state index contributed by atoms with van der Waals surface area (Å²) in [7, 11) is 0. The zero-order chi connectivity index (χ0) is 21.4. The highest BCUT2D eigenvalue weighted by Crippen LogP contribution is 2.29. The average molecular weight is 431 g/mol. The van der Waals surface area contributed by atoms with Gasteiger partial charge in [-0.3, -0.25) is 10.1 Å². The fourth-order valence-corrected chi connectivity index (χ4v) is 4.13. The van der Waals surface area contributed by atoms with Crippen LogP contribution in [0.5, 0.6) is 0 Å². The van der Waals surface area contributed by atoms with Gasteiger partial charge in [-0.2, -0.15) is 4.52 Å². The van der Waals surface area contributed by atoms with Gasteiger partial charge in [0.15, 0.2) is 16.6 Å². The second kappa shape index (κ2) is 7.77. The van der Waals surface area contributed by atoms with Crippen molar-refractivity contribution in [1.29, 1.82) is 0 Å². The largest absolute Gasteiger partial charge is 0.270 e. The zero-order valence-corrected chi connectivity index (χ0v) is 16.8. The summed E-state index contributed by atoms with van der Waals surface area (Å²) < 4.78 is 14.8. The molecule has 152 valence electrons. The van der Waals surface area contributed by atoms with Crippen molar-refractivity contribution >= 4 is 34.0 Å². The fourth-order valence-electron chi connectivity index (χ4n) is 3.23. The Hall–Kier alpha value is -3.85. The Morgan fingerprint density at radius 2 is 1.81 bits per heavy atom. The van der Waals surface area contributed by atoms with Crippen LogP contribution in [0.2, 0.25) is 0 Å². The number of benzene rings is 3. The molecule has 0 aliphatic carbocycles. The maximum Gasteiger partial charge on any atom is 0.270 e. The van der Waals surface area contributed by atoms with E-state index in [-0.39, 0.29) is 11.5 Å². The molecule has 5 aromatic rings. The van der Waals surface area contributed by atoms with E-state index in [0.29, 0.717) is 27.9 Å². The summed E-state index contributed by atoms with van der Waals surface area (Å²) in [5.41, 5.74) is 2.87. The topological polar surface area (TPSA) is 86.2 Å². The first-order valence-corrected chi connectivity index (χ1v) is 10.3. The number of non-ortho nitro benzene ring substituents is 1. The minimum Gasteiger partial charge on any atom is -0.258 e. The summed E-state index contributed by atoms with van der Waals surface area (Å²) in [6.45, 7) is 0. The molecule has 0 amide bonds. The number of halogens is 1. The Bertz CT molecular complexity index is 1440. The zero-order valence-electron chi connectivity index (χ0n) is 16.0. The molecular formula is C22H14FN5O2S. The molecule has 2 aromatic heterocycles. The Morgan fingerprint density at radius 3 is 2.61 bits per heavy atom. The highest BCUT2D eigenvalue weighted by Gasteiger charge is 2.16. The molecular weight excluding hydrogens is 417 g/mol. The average Bonchev–Trinajstić information content (AvgIpc) is 3.25. The number of rotatable bonds is 5. The second-order valence-electron chi connectivity index (χ2n) is 6.80. The van der Waals surface area contributed by atoms with Crippen LogP contribution in [0, 0.1) is 15.9 Å². The van der Waals surface area contributed by atoms with Crippen LogP contribution >= 0.6 is 11.8 Å². The highest BCUT2D eigenvalue weighted by atomic mass is 32.2. The number of nitro benzene ring substituents is 1. The summed E-state index contributed by atoms with van der Waals surface area (Å²) in [4.78, 5) is 20.1. The number of fused-ring (bicyclic) bond motifs is 3. The van der Waals surface area contributed by atoms with E-state index < -0.39 is 4.92 Å². The Balaban J connectivity index is 1.62. The van der Waals surface area contributed by atoms with Crippen molar-refractivity contribution in [3.63, 3.8) is 0 Å². The number of aromatic nitrogens is 4. The van der Waals surface area contributed by atoms with Crippen LogP contribution in [0.15, 0.2) is 78.0 Å². The van der Waals surface area contributed by atoms with Gasteiger partial charge in [0, 0.05) is 28.8 Å². The number of nitrogens with zero attached hydrogens (tertiary/aromatic N) is 5. The van der Waals surface area contributed by atoms with Crippen LogP contribution in [0.3, 0.4) is 0 Å². The second-order valence-corrected chi connectivity index (χ2v) is 7.75. The van der Waals surface area contributed by atoms with Crippen LogP contribution in [0.1, 0.15) is 5.56 Å². The molecule has 0 N–H and O–H groups in total. The summed E-state index contributed by atoms with van der Waals surface area (Å²) in [5.74, 6) is 0.676. The van der Waals surface area contributed by atoms with Crippen molar-refractivity contribution < 1.29 is 9.31 Å². The number of thioether (sulfide) groups is 1. The van der Waals surface area contributed by atoms with Crippen LogP contribution in [0.4, 0.5) is 10.1 Å². The third-order valence-corrected chi connectivity index (χ3v) is 5.75. The third kappa shape index (κ3) is 3.71. The smallest absolute Gasteiger partial charge is 0.258 e. The molecule has 0 radical (unpaired) electrons. The molecule has 0 aliphatic rings. The van der Waals surface area contributed by atoms with E-state index in [9.17, 15) is 14.5 Å². The molecule has 0 saturated carbocycles. The minimum absolute atomic E-state index is 0.0229. The van der Waals surface area contributed by atoms with Gasteiger partial charge in [0.25, 0.3) is 5.69 Å². The van der Waals surface area contributed by atoms with Crippen molar-refractivity contribution in [3.8, 4) is 11.4 Å². The van der Waals surface area contributed by atoms with Gasteiger partial charge in [-0.15, -0.1) is 5.10 Å². The lowest BCUT2D eigenvalue weighted by Gasteiger charge is -2.06. The van der Waals surface area contributed by atoms with Crippen LogP contribution in [-0.4, -0.2) is 24.5 Å². The van der Waals surface area contributed by atoms with Crippen molar-refractivity contribution in [2.24, 2.45) is 0 Å². The highest BCUT2D eigenvalue weighted by molar-refractivity contribution is 7.98. The Morgan fingerprint density at radius 1 is 1.00 bits per heavy atom. The van der Waals surface area contributed by atoms with E-state index in [1.807, 2.05) is 24.3 Å². The quantitative estimate of drug-likeness (QED) is 0.163. The maximum atomic E-state index is 13.2. The molecule has 0 aliphatic heterocycles. The molecule has 0 atom stereocenters. The molecule has 0 fully saturated rings. The molecule has 9 heteroatoms. The van der Waals surface area contributed by atoms with E-state index in [1.54, 1.807) is 28.8 Å². The number of nitro groups is 1. The third-order valence-electron chi connectivity index (χ3n) is 4.75. The van der Waals surface area contributed by atoms with Gasteiger partial charge in [0.05, 0.1) is 10.4 Å². The molecule has 0 unspecified atom stereocenters. The number of hydrogen-bond donors (Lipinski definition) is 0. The van der Waals surface area contributed by atoms with Crippen molar-refractivity contribution in [1.82, 2.24) is 19.6 Å². The molecule has 0 bridgehead atoms. The van der Waals surface area contributed by atoms with Gasteiger partial charge in [0.1, 0.15) is 5.82 Å². The lowest BCUT2D eigenvalue weighted by molar-refractivity contribution is -0.384.